The van der Waals surface area contributed by atoms with Crippen LogP contribution in [-0.2, 0) is 0 Å². The summed E-state index contributed by atoms with van der Waals surface area (Å²) in [4.78, 5) is 26.2. The number of anilines is 1. The zero-order chi connectivity index (χ0) is 28.6. The molecule has 0 unspecified atom stereocenters. The van der Waals surface area contributed by atoms with Crippen molar-refractivity contribution in [2.45, 2.75) is 20.8 Å². The van der Waals surface area contributed by atoms with Gasteiger partial charge in [-0.3, -0.25) is 14.8 Å². The van der Waals surface area contributed by atoms with Gasteiger partial charge in [-0.15, -0.1) is 0 Å². The van der Waals surface area contributed by atoms with Gasteiger partial charge in [-0.05, 0) is 45.0 Å². The lowest BCUT2D eigenvalue weighted by Crippen LogP contribution is -2.15. The zero-order valence-electron chi connectivity index (χ0n) is 22.3. The second-order valence-corrected chi connectivity index (χ2v) is 8.87. The Hall–Kier alpha value is -5.19. The van der Waals surface area contributed by atoms with Crippen LogP contribution in [-0.4, -0.2) is 40.2 Å². The van der Waals surface area contributed by atoms with E-state index < -0.39 is 11.7 Å². The molecule has 0 saturated carbocycles. The molecule has 204 valence electrons. The first kappa shape index (κ1) is 26.4. The number of ether oxygens (including phenoxy) is 3. The van der Waals surface area contributed by atoms with Crippen molar-refractivity contribution in [3.63, 3.8) is 0 Å². The number of rotatable bonds is 7. The highest BCUT2D eigenvalue weighted by atomic mass is 19.1. The lowest BCUT2D eigenvalue weighted by Gasteiger charge is -2.14. The Labute approximate surface area is 228 Å². The van der Waals surface area contributed by atoms with E-state index in [1.165, 1.54) is 32.5 Å². The molecule has 0 atom stereocenters. The van der Waals surface area contributed by atoms with E-state index in [0.717, 1.165) is 6.07 Å². The van der Waals surface area contributed by atoms with Crippen LogP contribution in [0.4, 0.5) is 10.1 Å². The van der Waals surface area contributed by atoms with Crippen LogP contribution in [0.2, 0.25) is 0 Å². The number of aromatic nitrogens is 3. The van der Waals surface area contributed by atoms with E-state index in [2.05, 4.69) is 20.3 Å². The minimum Gasteiger partial charge on any atom is -0.506 e. The summed E-state index contributed by atoms with van der Waals surface area (Å²) in [6.45, 7) is 5.09. The Morgan fingerprint density at radius 1 is 0.950 bits per heavy atom. The number of fused-ring (bicyclic) bond motifs is 1. The molecule has 4 heterocycles. The number of halogens is 1. The van der Waals surface area contributed by atoms with Crippen molar-refractivity contribution < 1.29 is 32.9 Å². The number of hydrogen-bond acceptors (Lipinski definition) is 9. The molecule has 40 heavy (non-hydrogen) atoms. The van der Waals surface area contributed by atoms with Gasteiger partial charge in [0.2, 0.25) is 0 Å². The second kappa shape index (κ2) is 10.5. The summed E-state index contributed by atoms with van der Waals surface area (Å²) >= 11 is 0. The zero-order valence-corrected chi connectivity index (χ0v) is 22.3. The van der Waals surface area contributed by atoms with Gasteiger partial charge < -0.3 is 29.1 Å². The third kappa shape index (κ3) is 4.84. The predicted octanol–water partition coefficient (Wildman–Crippen LogP) is 6.12. The number of methoxy groups -OCH3 is 2. The molecule has 0 fully saturated rings. The number of nitrogens with one attached hydrogen (secondary N) is 1. The van der Waals surface area contributed by atoms with Gasteiger partial charge >= 0.3 is 0 Å². The topological polar surface area (TPSA) is 129 Å². The highest BCUT2D eigenvalue weighted by molar-refractivity contribution is 6.08. The summed E-state index contributed by atoms with van der Waals surface area (Å²) in [5.41, 5.74) is 2.03. The number of aryl methyl sites for hydroxylation is 3. The monoisotopic (exact) mass is 544 g/mol. The van der Waals surface area contributed by atoms with Crippen molar-refractivity contribution in [2.75, 3.05) is 19.5 Å². The number of carbonyl (C=O) groups is 1. The van der Waals surface area contributed by atoms with Gasteiger partial charge in [0.1, 0.15) is 28.4 Å². The first-order chi connectivity index (χ1) is 19.2. The number of furan rings is 1. The van der Waals surface area contributed by atoms with Crippen molar-refractivity contribution in [3.8, 4) is 40.2 Å². The van der Waals surface area contributed by atoms with E-state index in [-0.39, 0.29) is 34.4 Å². The summed E-state index contributed by atoms with van der Waals surface area (Å²) in [5, 5.41) is 13.6. The molecule has 11 heteroatoms. The lowest BCUT2D eigenvalue weighted by molar-refractivity contribution is 0.102. The van der Waals surface area contributed by atoms with E-state index in [1.807, 2.05) is 0 Å². The van der Waals surface area contributed by atoms with Crippen LogP contribution in [0.1, 0.15) is 27.5 Å². The molecule has 0 aliphatic carbocycles. The maximum Gasteiger partial charge on any atom is 0.261 e. The van der Waals surface area contributed by atoms with E-state index in [9.17, 15) is 9.90 Å². The molecule has 0 spiro atoms. The van der Waals surface area contributed by atoms with Crippen LogP contribution in [0.3, 0.4) is 0 Å². The molecule has 0 radical (unpaired) electrons. The number of nitrogens with zero attached hydrogens (tertiary/aromatic N) is 3. The third-order valence-corrected chi connectivity index (χ3v) is 6.18. The first-order valence-corrected chi connectivity index (χ1v) is 12.1. The van der Waals surface area contributed by atoms with E-state index in [4.69, 9.17) is 18.6 Å². The molecule has 1 aromatic carbocycles. The molecular weight excluding hydrogens is 519 g/mol. The Balaban J connectivity index is 1.42. The fourth-order valence-electron chi connectivity index (χ4n) is 4.33. The predicted molar refractivity (Wildman–Crippen MR) is 145 cm³/mol. The smallest absolute Gasteiger partial charge is 0.261 e. The van der Waals surface area contributed by atoms with E-state index >= 15 is 4.39 Å². The van der Waals surface area contributed by atoms with Crippen molar-refractivity contribution in [2.24, 2.45) is 0 Å². The summed E-state index contributed by atoms with van der Waals surface area (Å²) in [6, 6.07) is 10.6. The van der Waals surface area contributed by atoms with Gasteiger partial charge in [0.05, 0.1) is 36.7 Å². The Morgan fingerprint density at radius 2 is 1.75 bits per heavy atom. The van der Waals surface area contributed by atoms with Crippen LogP contribution >= 0.6 is 0 Å². The quantitative estimate of drug-likeness (QED) is 0.249. The Bertz CT molecular complexity index is 1770. The van der Waals surface area contributed by atoms with Crippen molar-refractivity contribution in [3.05, 3.63) is 77.2 Å². The van der Waals surface area contributed by atoms with Crippen LogP contribution in [0, 0.1) is 26.6 Å². The summed E-state index contributed by atoms with van der Waals surface area (Å²) in [5.74, 6) is 0.110. The molecule has 5 rings (SSSR count). The molecule has 0 bridgehead atoms. The summed E-state index contributed by atoms with van der Waals surface area (Å²) < 4.78 is 37.1. The third-order valence-electron chi connectivity index (χ3n) is 6.18. The van der Waals surface area contributed by atoms with Gasteiger partial charge in [-0.1, -0.05) is 0 Å². The first-order valence-electron chi connectivity index (χ1n) is 12.1. The van der Waals surface area contributed by atoms with Gasteiger partial charge in [0, 0.05) is 30.1 Å². The van der Waals surface area contributed by atoms with Crippen LogP contribution in [0.5, 0.6) is 28.9 Å². The van der Waals surface area contributed by atoms with Gasteiger partial charge in [0.25, 0.3) is 11.8 Å². The second-order valence-electron chi connectivity index (χ2n) is 8.87. The van der Waals surface area contributed by atoms with Crippen molar-refractivity contribution >= 4 is 22.6 Å². The Morgan fingerprint density at radius 3 is 2.42 bits per heavy atom. The van der Waals surface area contributed by atoms with Crippen LogP contribution in [0.25, 0.3) is 22.4 Å². The summed E-state index contributed by atoms with van der Waals surface area (Å²) in [6.07, 6.45) is 1.50. The average Bonchev–Trinajstić information content (AvgIpc) is 3.34. The molecule has 1 amide bonds. The Kier molecular flexibility index (Phi) is 6.95. The van der Waals surface area contributed by atoms with Gasteiger partial charge in [-0.2, -0.15) is 0 Å². The standard InChI is InChI=1S/C29H25FN4O6/c1-14-6-8-21(39-14)24-15(2)32-16(3)25(27(24)35)28(36)33-17-7-9-20(18(30)12-17)40-22-10-11-31-19-13-23(37-4)29(38-5)34-26(19)22/h6-13H,1-5H3,(H,32,35)(H,33,36). The molecule has 2 N–H and O–H groups in total. The molecular formula is C29H25FN4O6. The van der Waals surface area contributed by atoms with Crippen molar-refractivity contribution in [1.29, 1.82) is 0 Å². The maximum atomic E-state index is 15.1. The average molecular weight is 545 g/mol. The fraction of sp³-hybridized carbons (Fsp3) is 0.172. The number of pyridine rings is 3. The highest BCUT2D eigenvalue weighted by Crippen LogP contribution is 2.38. The van der Waals surface area contributed by atoms with Crippen molar-refractivity contribution in [1.82, 2.24) is 15.0 Å². The molecule has 0 aliphatic rings. The van der Waals surface area contributed by atoms with Gasteiger partial charge in [0.15, 0.2) is 23.1 Å². The van der Waals surface area contributed by atoms with Crippen LogP contribution < -0.4 is 19.5 Å². The number of carbonyl (C=O) groups excluding carboxylic acids is 1. The minimum absolute atomic E-state index is 0.0471. The summed E-state index contributed by atoms with van der Waals surface area (Å²) in [7, 11) is 2.94. The van der Waals surface area contributed by atoms with Gasteiger partial charge in [-0.25, -0.2) is 9.37 Å². The minimum atomic E-state index is -0.738. The number of aromatic hydroxyl groups is 1. The number of benzene rings is 1. The molecule has 4 aromatic heterocycles. The number of amides is 1. The maximum absolute atomic E-state index is 15.1. The molecule has 0 aliphatic heterocycles. The van der Waals surface area contributed by atoms with Crippen LogP contribution in [0.15, 0.2) is 53.1 Å². The largest absolute Gasteiger partial charge is 0.506 e. The SMILES string of the molecule is COc1cc2nccc(Oc3ccc(NC(=O)c4c(C)nc(C)c(-c5ccc(C)o5)c4O)cc3F)c2nc1OC. The molecule has 0 saturated heterocycles. The molecule has 5 aromatic rings. The number of hydrogen-bond donors (Lipinski definition) is 2. The molecule has 10 nitrogen and oxygen atoms in total. The van der Waals surface area contributed by atoms with E-state index in [1.54, 1.807) is 45.0 Å². The lowest BCUT2D eigenvalue weighted by atomic mass is 10.0. The van der Waals surface area contributed by atoms with E-state index in [0.29, 0.717) is 45.3 Å². The fourth-order valence-corrected chi connectivity index (χ4v) is 4.33. The normalized spacial score (nSPS) is 10.9. The highest BCUT2D eigenvalue weighted by Gasteiger charge is 2.24.